The van der Waals surface area contributed by atoms with E-state index in [2.05, 4.69) is 4.98 Å². The third kappa shape index (κ3) is 2.61. The van der Waals surface area contributed by atoms with Gasteiger partial charge in [-0.25, -0.2) is 4.98 Å². The number of aromatic nitrogens is 1. The van der Waals surface area contributed by atoms with Gasteiger partial charge in [0.1, 0.15) is 5.56 Å². The van der Waals surface area contributed by atoms with Crippen LogP contribution in [0.15, 0.2) is 36.5 Å². The van der Waals surface area contributed by atoms with Gasteiger partial charge in [-0.05, 0) is 23.8 Å². The molecule has 0 aliphatic heterocycles. The summed E-state index contributed by atoms with van der Waals surface area (Å²) >= 11 is 5.67. The number of halogens is 5. The highest BCUT2D eigenvalue weighted by Gasteiger charge is 2.35. The molecule has 1 aromatic heterocycles. The second kappa shape index (κ2) is 4.57. The Kier molecular flexibility index (Phi) is 3.26. The van der Waals surface area contributed by atoms with Gasteiger partial charge in [0.2, 0.25) is 5.95 Å². The van der Waals surface area contributed by atoms with E-state index in [0.29, 0.717) is 10.6 Å². The molecule has 0 N–H and O–H groups in total. The standard InChI is InChI=1S/C12H6ClF4N/c13-9-3-1-7(2-4-9)8-5-10(12(15,16)17)11(14)18-6-8/h1-6H. The molecular weight excluding hydrogens is 270 g/mol. The van der Waals surface area contributed by atoms with Gasteiger partial charge in [0.15, 0.2) is 0 Å². The summed E-state index contributed by atoms with van der Waals surface area (Å²) in [7, 11) is 0. The van der Waals surface area contributed by atoms with Gasteiger partial charge in [-0.1, -0.05) is 23.7 Å². The maximum absolute atomic E-state index is 13.0. The molecule has 0 atom stereocenters. The van der Waals surface area contributed by atoms with E-state index < -0.39 is 17.7 Å². The summed E-state index contributed by atoms with van der Waals surface area (Å²) in [5.74, 6) is -1.53. The van der Waals surface area contributed by atoms with Crippen molar-refractivity contribution in [3.05, 3.63) is 53.1 Å². The molecular formula is C12H6ClF4N. The van der Waals surface area contributed by atoms with Crippen LogP contribution in [0.4, 0.5) is 17.6 Å². The second-order valence-corrected chi connectivity index (χ2v) is 4.00. The van der Waals surface area contributed by atoms with Gasteiger partial charge in [-0.2, -0.15) is 17.6 Å². The van der Waals surface area contributed by atoms with Gasteiger partial charge in [-0.15, -0.1) is 0 Å². The molecule has 1 aromatic carbocycles. The lowest BCUT2D eigenvalue weighted by Crippen LogP contribution is -2.09. The molecule has 6 heteroatoms. The van der Waals surface area contributed by atoms with Crippen molar-refractivity contribution >= 4 is 11.6 Å². The van der Waals surface area contributed by atoms with Crippen LogP contribution in [0, 0.1) is 5.95 Å². The largest absolute Gasteiger partial charge is 0.420 e. The first-order valence-electron chi connectivity index (χ1n) is 4.86. The monoisotopic (exact) mass is 275 g/mol. The molecule has 0 unspecified atom stereocenters. The molecule has 1 heterocycles. The van der Waals surface area contributed by atoms with Crippen molar-refractivity contribution in [2.75, 3.05) is 0 Å². The van der Waals surface area contributed by atoms with Crippen LogP contribution in [0.3, 0.4) is 0 Å². The van der Waals surface area contributed by atoms with Gasteiger partial charge < -0.3 is 0 Å². The minimum absolute atomic E-state index is 0.181. The Morgan fingerprint density at radius 1 is 1.00 bits per heavy atom. The summed E-state index contributed by atoms with van der Waals surface area (Å²) in [5.41, 5.74) is -0.715. The van der Waals surface area contributed by atoms with E-state index in [0.717, 1.165) is 12.3 Å². The van der Waals surface area contributed by atoms with E-state index in [1.54, 1.807) is 0 Å². The summed E-state index contributed by atoms with van der Waals surface area (Å²) in [5, 5.41) is 0.463. The van der Waals surface area contributed by atoms with Crippen molar-refractivity contribution in [1.29, 1.82) is 0 Å². The first-order valence-corrected chi connectivity index (χ1v) is 5.24. The zero-order valence-electron chi connectivity index (χ0n) is 8.80. The topological polar surface area (TPSA) is 12.9 Å². The highest BCUT2D eigenvalue weighted by molar-refractivity contribution is 6.30. The maximum Gasteiger partial charge on any atom is 0.420 e. The fraction of sp³-hybridized carbons (Fsp3) is 0.0833. The minimum atomic E-state index is -4.76. The first-order chi connectivity index (χ1) is 8.38. The smallest absolute Gasteiger partial charge is 0.227 e. The molecule has 2 aromatic rings. The molecule has 0 saturated heterocycles. The van der Waals surface area contributed by atoms with Gasteiger partial charge in [0.05, 0.1) is 0 Å². The molecule has 2 rings (SSSR count). The zero-order valence-corrected chi connectivity index (χ0v) is 9.56. The molecule has 0 aliphatic rings. The lowest BCUT2D eigenvalue weighted by atomic mass is 10.1. The van der Waals surface area contributed by atoms with Crippen LogP contribution in [0.2, 0.25) is 5.02 Å². The molecule has 0 fully saturated rings. The number of rotatable bonds is 1. The summed E-state index contributed by atoms with van der Waals surface area (Å²) in [4.78, 5) is 3.12. The van der Waals surface area contributed by atoms with E-state index in [9.17, 15) is 17.6 Å². The van der Waals surface area contributed by atoms with Crippen LogP contribution >= 0.6 is 11.6 Å². The molecule has 94 valence electrons. The van der Waals surface area contributed by atoms with Crippen molar-refractivity contribution in [1.82, 2.24) is 4.98 Å². The normalized spacial score (nSPS) is 11.6. The van der Waals surface area contributed by atoms with Crippen molar-refractivity contribution in [3.8, 4) is 11.1 Å². The number of alkyl halides is 3. The Hall–Kier alpha value is -1.62. The van der Waals surface area contributed by atoms with Crippen LogP contribution in [0.1, 0.15) is 5.56 Å². The predicted molar refractivity (Wildman–Crippen MR) is 59.6 cm³/mol. The molecule has 0 aliphatic carbocycles. The molecule has 0 bridgehead atoms. The summed E-state index contributed by atoms with van der Waals surface area (Å²) in [6.07, 6.45) is -3.71. The number of pyridine rings is 1. The third-order valence-corrected chi connectivity index (χ3v) is 2.57. The Labute approximate surface area is 105 Å². The summed E-state index contributed by atoms with van der Waals surface area (Å²) in [6, 6.07) is 6.88. The third-order valence-electron chi connectivity index (χ3n) is 2.32. The van der Waals surface area contributed by atoms with Crippen molar-refractivity contribution in [3.63, 3.8) is 0 Å². The van der Waals surface area contributed by atoms with Gasteiger partial charge in [0.25, 0.3) is 0 Å². The van der Waals surface area contributed by atoms with Crippen LogP contribution in [-0.2, 0) is 6.18 Å². The van der Waals surface area contributed by atoms with Crippen LogP contribution in [-0.4, -0.2) is 4.98 Å². The van der Waals surface area contributed by atoms with Crippen molar-refractivity contribution < 1.29 is 17.6 Å². The molecule has 1 nitrogen and oxygen atoms in total. The molecule has 0 saturated carbocycles. The number of benzene rings is 1. The predicted octanol–water partition coefficient (Wildman–Crippen LogP) is 4.56. The molecule has 0 spiro atoms. The van der Waals surface area contributed by atoms with Crippen LogP contribution in [0.5, 0.6) is 0 Å². The fourth-order valence-corrected chi connectivity index (χ4v) is 1.57. The SMILES string of the molecule is Fc1ncc(-c2ccc(Cl)cc2)cc1C(F)(F)F. The summed E-state index contributed by atoms with van der Waals surface area (Å²) < 4.78 is 50.5. The Balaban J connectivity index is 2.50. The average Bonchev–Trinajstić information content (AvgIpc) is 2.29. The molecule has 0 amide bonds. The Morgan fingerprint density at radius 2 is 1.61 bits per heavy atom. The molecule has 18 heavy (non-hydrogen) atoms. The number of hydrogen-bond donors (Lipinski definition) is 0. The van der Waals surface area contributed by atoms with E-state index in [-0.39, 0.29) is 5.56 Å². The van der Waals surface area contributed by atoms with Crippen LogP contribution in [0.25, 0.3) is 11.1 Å². The highest BCUT2D eigenvalue weighted by atomic mass is 35.5. The maximum atomic E-state index is 13.0. The van der Waals surface area contributed by atoms with Gasteiger partial charge >= 0.3 is 6.18 Å². The van der Waals surface area contributed by atoms with Gasteiger partial charge in [0, 0.05) is 16.8 Å². The lowest BCUT2D eigenvalue weighted by Gasteiger charge is -2.09. The minimum Gasteiger partial charge on any atom is -0.227 e. The molecule has 0 radical (unpaired) electrons. The first kappa shape index (κ1) is 12.8. The zero-order chi connectivity index (χ0) is 13.3. The highest BCUT2D eigenvalue weighted by Crippen LogP contribution is 2.33. The van der Waals surface area contributed by atoms with Crippen LogP contribution < -0.4 is 0 Å². The van der Waals surface area contributed by atoms with Gasteiger partial charge in [-0.3, -0.25) is 0 Å². The Bertz CT molecular complexity index is 563. The number of hydrogen-bond acceptors (Lipinski definition) is 1. The fourth-order valence-electron chi connectivity index (χ4n) is 1.45. The Morgan fingerprint density at radius 3 is 2.17 bits per heavy atom. The summed E-state index contributed by atoms with van der Waals surface area (Å²) in [6.45, 7) is 0. The van der Waals surface area contributed by atoms with Crippen molar-refractivity contribution in [2.45, 2.75) is 6.18 Å². The second-order valence-electron chi connectivity index (χ2n) is 3.57. The quantitative estimate of drug-likeness (QED) is 0.549. The van der Waals surface area contributed by atoms with E-state index in [1.807, 2.05) is 0 Å². The number of nitrogens with zero attached hydrogens (tertiary/aromatic N) is 1. The van der Waals surface area contributed by atoms with E-state index >= 15 is 0 Å². The lowest BCUT2D eigenvalue weighted by molar-refractivity contribution is -0.140. The van der Waals surface area contributed by atoms with E-state index in [4.69, 9.17) is 11.6 Å². The average molecular weight is 276 g/mol. The van der Waals surface area contributed by atoms with Crippen molar-refractivity contribution in [2.24, 2.45) is 0 Å². The van der Waals surface area contributed by atoms with E-state index in [1.165, 1.54) is 24.3 Å².